The predicted molar refractivity (Wildman–Crippen MR) is 137 cm³/mol. The fourth-order valence-corrected chi connectivity index (χ4v) is 9.12. The highest BCUT2D eigenvalue weighted by Crippen LogP contribution is 2.57. The Hall–Kier alpha value is -2.83. The maximum absolute atomic E-state index is 15.0. The van der Waals surface area contributed by atoms with E-state index in [-0.39, 0.29) is 47.5 Å². The van der Waals surface area contributed by atoms with Crippen LogP contribution in [-0.4, -0.2) is 57.8 Å². The van der Waals surface area contributed by atoms with Crippen LogP contribution in [0.25, 0.3) is 0 Å². The normalized spacial score (nSPS) is 24.2. The van der Waals surface area contributed by atoms with E-state index in [1.54, 1.807) is 6.07 Å². The van der Waals surface area contributed by atoms with E-state index >= 15 is 4.39 Å². The highest BCUT2D eigenvalue weighted by atomic mass is 32.2. The molecule has 0 aromatic heterocycles. The number of amides is 1. The Morgan fingerprint density at radius 1 is 0.902 bits per heavy atom. The number of sulfone groups is 1. The molecular weight excluding hydrogens is 577 g/mol. The Morgan fingerprint density at radius 2 is 1.51 bits per heavy atom. The number of halogens is 7. The van der Waals surface area contributed by atoms with E-state index in [0.29, 0.717) is 25.0 Å². The maximum Gasteiger partial charge on any atom is 0.435 e. The quantitative estimate of drug-likeness (QED) is 0.385. The summed E-state index contributed by atoms with van der Waals surface area (Å²) in [6.45, 7) is -0.141. The number of anilines is 1. The third-order valence-electron chi connectivity index (χ3n) is 8.90. The predicted octanol–water partition coefficient (Wildman–Crippen LogP) is 6.28. The zero-order valence-corrected chi connectivity index (χ0v) is 22.9. The van der Waals surface area contributed by atoms with E-state index < -0.39 is 44.2 Å². The zero-order chi connectivity index (χ0) is 30.0. The molecule has 1 amide bonds. The molecule has 13 heteroatoms. The smallest absolute Gasteiger partial charge is 0.372 e. The maximum atomic E-state index is 15.0. The molecule has 2 aromatic rings. The number of alkyl halides is 7. The Labute approximate surface area is 233 Å². The molecule has 1 saturated carbocycles. The number of nitrogens with zero attached hydrogens (tertiary/aromatic N) is 2. The topological polar surface area (TPSA) is 57.7 Å². The van der Waals surface area contributed by atoms with Crippen LogP contribution in [0.4, 0.5) is 36.4 Å². The van der Waals surface area contributed by atoms with Gasteiger partial charge in [-0.2, -0.15) is 26.3 Å². The summed E-state index contributed by atoms with van der Waals surface area (Å²) in [5, 5.41) is 0. The van der Waals surface area contributed by atoms with Crippen molar-refractivity contribution in [2.45, 2.75) is 72.2 Å². The third-order valence-corrected chi connectivity index (χ3v) is 11.4. The van der Waals surface area contributed by atoms with Crippen molar-refractivity contribution >= 4 is 21.4 Å². The second kappa shape index (κ2) is 9.88. The van der Waals surface area contributed by atoms with Gasteiger partial charge < -0.3 is 9.80 Å². The first-order chi connectivity index (χ1) is 19.1. The lowest BCUT2D eigenvalue weighted by Gasteiger charge is -2.47. The van der Waals surface area contributed by atoms with Gasteiger partial charge >= 0.3 is 18.0 Å². The molecule has 5 rings (SSSR count). The fourth-order valence-electron chi connectivity index (χ4n) is 6.80. The summed E-state index contributed by atoms with van der Waals surface area (Å²) in [5.74, 6) is -0.496. The van der Waals surface area contributed by atoms with Gasteiger partial charge in [-0.25, -0.2) is 12.8 Å². The van der Waals surface area contributed by atoms with Crippen LogP contribution in [-0.2, 0) is 25.0 Å². The van der Waals surface area contributed by atoms with Gasteiger partial charge in [0, 0.05) is 37.3 Å². The Morgan fingerprint density at radius 3 is 2.10 bits per heavy atom. The summed E-state index contributed by atoms with van der Waals surface area (Å²) in [7, 11) is -2.98. The average molecular weight is 607 g/mol. The number of hydrogen-bond acceptors (Lipinski definition) is 4. The molecule has 2 heterocycles. The van der Waals surface area contributed by atoms with Crippen molar-refractivity contribution in [3.63, 3.8) is 0 Å². The SMILES string of the molecule is CN1CC2N(C(=O)C3CCCCC3)CCC2(S(=O)(=O)c2ccccc2)c2ccc(C(F)(C(F)(F)F)C(F)(F)F)cc21. The van der Waals surface area contributed by atoms with Crippen LogP contribution in [0.1, 0.15) is 49.7 Å². The van der Waals surface area contributed by atoms with E-state index in [1.807, 2.05) is 0 Å². The minimum atomic E-state index is -6.32. The molecule has 2 atom stereocenters. The van der Waals surface area contributed by atoms with Gasteiger partial charge in [-0.1, -0.05) is 49.6 Å². The van der Waals surface area contributed by atoms with Crippen LogP contribution < -0.4 is 4.90 Å². The molecule has 1 saturated heterocycles. The van der Waals surface area contributed by atoms with Gasteiger partial charge in [0.15, 0.2) is 9.84 Å². The fraction of sp³-hybridized carbons (Fsp3) is 0.536. The molecule has 1 aliphatic carbocycles. The number of fused-ring (bicyclic) bond motifs is 3. The Balaban J connectivity index is 1.71. The molecule has 224 valence electrons. The van der Waals surface area contributed by atoms with Gasteiger partial charge in [0.25, 0.3) is 0 Å². The largest absolute Gasteiger partial charge is 0.435 e. The molecule has 2 unspecified atom stereocenters. The summed E-state index contributed by atoms with van der Waals surface area (Å²) >= 11 is 0. The lowest BCUT2D eigenvalue weighted by Crippen LogP contribution is -2.58. The van der Waals surface area contributed by atoms with Gasteiger partial charge in [0.1, 0.15) is 4.75 Å². The number of likely N-dealkylation sites (tertiary alicyclic amines) is 1. The summed E-state index contributed by atoms with van der Waals surface area (Å²) in [5.41, 5.74) is -7.69. The number of carbonyl (C=O) groups excluding carboxylic acids is 1. The third kappa shape index (κ3) is 4.32. The molecule has 0 bridgehead atoms. The first kappa shape index (κ1) is 29.7. The Bertz CT molecular complexity index is 1410. The van der Waals surface area contributed by atoms with Crippen LogP contribution in [0.2, 0.25) is 0 Å². The molecule has 0 N–H and O–H groups in total. The summed E-state index contributed by atoms with van der Waals surface area (Å²) in [4.78, 5) is 16.4. The molecule has 2 aromatic carbocycles. The lowest BCUT2D eigenvalue weighted by molar-refractivity contribution is -0.348. The van der Waals surface area contributed by atoms with Crippen molar-refractivity contribution in [3.8, 4) is 0 Å². The summed E-state index contributed by atoms with van der Waals surface area (Å²) in [6, 6.07) is 8.02. The highest BCUT2D eigenvalue weighted by Gasteiger charge is 2.74. The van der Waals surface area contributed by atoms with Gasteiger partial charge in [0.2, 0.25) is 5.91 Å². The first-order valence-electron chi connectivity index (χ1n) is 13.4. The second-order valence-corrected chi connectivity index (χ2v) is 13.3. The van der Waals surface area contributed by atoms with E-state index in [0.717, 1.165) is 25.3 Å². The number of likely N-dealkylation sites (N-methyl/N-ethyl adjacent to an activating group) is 1. The lowest BCUT2D eigenvalue weighted by atomic mass is 9.82. The van der Waals surface area contributed by atoms with Crippen molar-refractivity contribution in [3.05, 3.63) is 59.7 Å². The minimum absolute atomic E-state index is 0.0409. The molecule has 41 heavy (non-hydrogen) atoms. The highest BCUT2D eigenvalue weighted by molar-refractivity contribution is 7.92. The van der Waals surface area contributed by atoms with Crippen LogP contribution in [0.15, 0.2) is 53.4 Å². The Kier molecular flexibility index (Phi) is 7.14. The van der Waals surface area contributed by atoms with E-state index in [2.05, 4.69) is 0 Å². The van der Waals surface area contributed by atoms with Crippen LogP contribution in [0.5, 0.6) is 0 Å². The van der Waals surface area contributed by atoms with Crippen molar-refractivity contribution < 1.29 is 43.9 Å². The van der Waals surface area contributed by atoms with Crippen LogP contribution in [0, 0.1) is 5.92 Å². The molecule has 0 radical (unpaired) electrons. The summed E-state index contributed by atoms with van der Waals surface area (Å²) in [6.07, 6.45) is -8.74. The summed E-state index contributed by atoms with van der Waals surface area (Å²) < 4.78 is 123. The molecule has 5 nitrogen and oxygen atoms in total. The molecule has 2 aliphatic heterocycles. The van der Waals surface area contributed by atoms with Gasteiger partial charge in [-0.15, -0.1) is 0 Å². The van der Waals surface area contributed by atoms with Crippen LogP contribution in [0.3, 0.4) is 0 Å². The average Bonchev–Trinajstić information content (AvgIpc) is 3.32. The van der Waals surface area contributed by atoms with Gasteiger partial charge in [-0.05, 0) is 43.0 Å². The number of hydrogen-bond donors (Lipinski definition) is 0. The van der Waals surface area contributed by atoms with E-state index in [4.69, 9.17) is 0 Å². The standard InChI is InChI=1S/C28H29F7N2O3S/c1-36-17-23-25(41(39,40)20-10-6-3-7-11-20,14-15-37(23)24(38)18-8-4-2-5-9-18)21-13-12-19(16-22(21)36)26(29,27(30,31)32)28(33,34)35/h3,6-7,10-13,16,18,23H,2,4-5,8-9,14-15,17H2,1H3. The zero-order valence-electron chi connectivity index (χ0n) is 22.1. The number of carbonyl (C=O) groups is 1. The molecule has 0 spiro atoms. The van der Waals surface area contributed by atoms with Crippen molar-refractivity contribution in [2.24, 2.45) is 5.92 Å². The van der Waals surface area contributed by atoms with Crippen LogP contribution >= 0.6 is 0 Å². The second-order valence-electron chi connectivity index (χ2n) is 11.1. The monoisotopic (exact) mass is 606 g/mol. The minimum Gasteiger partial charge on any atom is -0.372 e. The van der Waals surface area contributed by atoms with Gasteiger partial charge in [-0.3, -0.25) is 4.79 Å². The molecule has 2 fully saturated rings. The number of benzene rings is 2. The van der Waals surface area contributed by atoms with Crippen molar-refractivity contribution in [1.82, 2.24) is 4.90 Å². The molecule has 3 aliphatic rings. The number of rotatable bonds is 4. The van der Waals surface area contributed by atoms with E-state index in [1.165, 1.54) is 41.1 Å². The first-order valence-corrected chi connectivity index (χ1v) is 14.8. The molecular formula is C28H29F7N2O3S. The van der Waals surface area contributed by atoms with E-state index in [9.17, 15) is 39.6 Å². The van der Waals surface area contributed by atoms with Gasteiger partial charge in [0.05, 0.1) is 10.9 Å². The van der Waals surface area contributed by atoms with Crippen molar-refractivity contribution in [2.75, 3.05) is 25.0 Å². The van der Waals surface area contributed by atoms with Crippen molar-refractivity contribution in [1.29, 1.82) is 0 Å².